The van der Waals surface area contributed by atoms with E-state index in [1.807, 2.05) is 32.9 Å². The highest BCUT2D eigenvalue weighted by Gasteiger charge is 2.38. The summed E-state index contributed by atoms with van der Waals surface area (Å²) in [6.07, 6.45) is -0.358. The third kappa shape index (κ3) is 5.36. The smallest absolute Gasteiger partial charge is 0.408 e. The van der Waals surface area contributed by atoms with E-state index in [-0.39, 0.29) is 24.0 Å². The number of fused-ring (bicyclic) bond motifs is 1. The van der Waals surface area contributed by atoms with Gasteiger partial charge in [-0.15, -0.1) is 0 Å². The summed E-state index contributed by atoms with van der Waals surface area (Å²) in [5.74, 6) is -0.0235. The Kier molecular flexibility index (Phi) is 7.47. The van der Waals surface area contributed by atoms with Gasteiger partial charge in [0.05, 0.1) is 6.04 Å². The molecule has 188 valence electrons. The van der Waals surface area contributed by atoms with Crippen molar-refractivity contribution < 1.29 is 14.7 Å². The lowest BCUT2D eigenvalue weighted by atomic mass is 9.87. The average Bonchev–Trinajstić information content (AvgIpc) is 2.80. The zero-order chi connectivity index (χ0) is 25.3. The van der Waals surface area contributed by atoms with E-state index in [9.17, 15) is 14.7 Å². The zero-order valence-corrected chi connectivity index (χ0v) is 21.6. The van der Waals surface area contributed by atoms with Crippen molar-refractivity contribution in [2.24, 2.45) is 0 Å². The van der Waals surface area contributed by atoms with E-state index in [1.165, 1.54) is 10.5 Å². The molecule has 0 aliphatic carbocycles. The molecule has 1 fully saturated rings. The molecule has 2 aromatic rings. The number of likely N-dealkylation sites (N-methyl/N-ethyl adjacent to an activating group) is 1. The fourth-order valence-electron chi connectivity index (χ4n) is 5.54. The van der Waals surface area contributed by atoms with Gasteiger partial charge in [-0.05, 0) is 68.6 Å². The summed E-state index contributed by atoms with van der Waals surface area (Å²) in [6, 6.07) is 14.2. The first-order chi connectivity index (χ1) is 16.7. The normalized spacial score (nSPS) is 21.1. The number of amides is 2. The first-order valence-corrected chi connectivity index (χ1v) is 12.6. The molecule has 4 rings (SSSR count). The Morgan fingerprint density at radius 2 is 1.66 bits per heavy atom. The molecule has 0 saturated carbocycles. The highest BCUT2D eigenvalue weighted by Crippen LogP contribution is 2.43. The van der Waals surface area contributed by atoms with Crippen molar-refractivity contribution in [3.63, 3.8) is 0 Å². The maximum absolute atomic E-state index is 12.5. The average molecular weight is 479 g/mol. The second kappa shape index (κ2) is 10.4. The van der Waals surface area contributed by atoms with Crippen molar-refractivity contribution in [3.8, 4) is 11.1 Å². The summed E-state index contributed by atoms with van der Waals surface area (Å²) in [4.78, 5) is 32.8. The quantitative estimate of drug-likeness (QED) is 0.676. The molecule has 2 unspecified atom stereocenters. The molecule has 0 radical (unpaired) electrons. The fraction of sp³-hybridized carbons (Fsp3) is 0.500. The number of piperazine rings is 1. The molecule has 2 aliphatic rings. The van der Waals surface area contributed by atoms with E-state index in [0.29, 0.717) is 6.42 Å². The third-order valence-electron chi connectivity index (χ3n) is 7.39. The molecule has 2 aliphatic heterocycles. The predicted octanol–water partition coefficient (Wildman–Crippen LogP) is 4.68. The van der Waals surface area contributed by atoms with E-state index >= 15 is 0 Å². The van der Waals surface area contributed by atoms with E-state index < -0.39 is 6.09 Å². The van der Waals surface area contributed by atoms with E-state index in [2.05, 4.69) is 47.2 Å². The number of benzene rings is 2. The second-order valence-corrected chi connectivity index (χ2v) is 10.3. The lowest BCUT2D eigenvalue weighted by Crippen LogP contribution is -2.48. The first kappa shape index (κ1) is 25.2. The highest BCUT2D eigenvalue weighted by molar-refractivity contribution is 5.94. The molecule has 1 saturated heterocycles. The number of hydrogen-bond acceptors (Lipinski definition) is 4. The number of rotatable bonds is 5. The number of hydrogen-bond donors (Lipinski definition) is 1. The molecule has 1 N–H and O–H groups in total. The molecule has 7 nitrogen and oxygen atoms in total. The summed E-state index contributed by atoms with van der Waals surface area (Å²) < 4.78 is 0. The van der Waals surface area contributed by atoms with Gasteiger partial charge in [-0.3, -0.25) is 14.6 Å². The molecule has 7 heteroatoms. The van der Waals surface area contributed by atoms with Gasteiger partial charge in [-0.25, -0.2) is 4.79 Å². The van der Waals surface area contributed by atoms with Crippen LogP contribution in [-0.2, 0) is 11.3 Å². The van der Waals surface area contributed by atoms with Gasteiger partial charge in [0.15, 0.2) is 0 Å². The molecule has 35 heavy (non-hydrogen) atoms. The van der Waals surface area contributed by atoms with Gasteiger partial charge in [0.2, 0.25) is 5.91 Å². The van der Waals surface area contributed by atoms with Crippen molar-refractivity contribution in [2.45, 2.75) is 58.8 Å². The molecule has 0 bridgehead atoms. The molecular formula is C28H38N4O3. The molecular weight excluding hydrogens is 440 g/mol. The Hall–Kier alpha value is -2.90. The molecule has 0 aromatic heterocycles. The number of carbonyl (C=O) groups excluding carboxylic acids is 1. The van der Waals surface area contributed by atoms with Crippen molar-refractivity contribution in [2.75, 3.05) is 38.1 Å². The standard InChI is InChI=1S/C28H38N4O3/c1-19(2)31(28(34)35)27-16-20(3)32(21(4)33)26-11-10-24(17-25(26)27)23-8-6-22(7-9-23)18-30-14-12-29(5)13-15-30/h6-11,17,19-20,27H,12-16,18H2,1-5H3,(H,34,35). The Labute approximate surface area is 208 Å². The van der Waals surface area contributed by atoms with Gasteiger partial charge in [-0.1, -0.05) is 30.3 Å². The van der Waals surface area contributed by atoms with Gasteiger partial charge < -0.3 is 14.9 Å². The van der Waals surface area contributed by atoms with Crippen LogP contribution in [0.4, 0.5) is 10.5 Å². The molecule has 2 aromatic carbocycles. The predicted molar refractivity (Wildman–Crippen MR) is 140 cm³/mol. The van der Waals surface area contributed by atoms with Crippen LogP contribution in [0.5, 0.6) is 0 Å². The fourth-order valence-corrected chi connectivity index (χ4v) is 5.54. The van der Waals surface area contributed by atoms with Crippen LogP contribution in [0, 0.1) is 0 Å². The number of carbonyl (C=O) groups is 2. The van der Waals surface area contributed by atoms with E-state index in [1.54, 1.807) is 11.8 Å². The van der Waals surface area contributed by atoms with Crippen LogP contribution in [0.15, 0.2) is 42.5 Å². The monoisotopic (exact) mass is 478 g/mol. The van der Waals surface area contributed by atoms with Crippen LogP contribution in [0.3, 0.4) is 0 Å². The van der Waals surface area contributed by atoms with Crippen molar-refractivity contribution in [3.05, 3.63) is 53.6 Å². The maximum atomic E-state index is 12.5. The minimum atomic E-state index is -0.932. The molecule has 0 spiro atoms. The van der Waals surface area contributed by atoms with Crippen LogP contribution in [0.2, 0.25) is 0 Å². The summed E-state index contributed by atoms with van der Waals surface area (Å²) in [5.41, 5.74) is 5.12. The molecule has 2 amide bonds. The minimum Gasteiger partial charge on any atom is -0.465 e. The SMILES string of the molecule is CC(=O)N1c2ccc(-c3ccc(CN4CCN(C)CC4)cc3)cc2C(N(C(=O)O)C(C)C)CC1C. The molecule has 2 atom stereocenters. The largest absolute Gasteiger partial charge is 0.465 e. The minimum absolute atomic E-state index is 0.0235. The maximum Gasteiger partial charge on any atom is 0.408 e. The van der Waals surface area contributed by atoms with Gasteiger partial charge in [-0.2, -0.15) is 0 Å². The van der Waals surface area contributed by atoms with E-state index in [4.69, 9.17) is 0 Å². The van der Waals surface area contributed by atoms with Crippen molar-refractivity contribution in [1.82, 2.24) is 14.7 Å². The van der Waals surface area contributed by atoms with Gasteiger partial charge >= 0.3 is 6.09 Å². The highest BCUT2D eigenvalue weighted by atomic mass is 16.4. The summed E-state index contributed by atoms with van der Waals surface area (Å²) in [7, 11) is 2.17. The third-order valence-corrected chi connectivity index (χ3v) is 7.39. The van der Waals surface area contributed by atoms with Crippen molar-refractivity contribution >= 4 is 17.7 Å². The topological polar surface area (TPSA) is 67.3 Å². The van der Waals surface area contributed by atoms with Crippen LogP contribution in [0.1, 0.15) is 51.3 Å². The second-order valence-electron chi connectivity index (χ2n) is 10.3. The lowest BCUT2D eigenvalue weighted by molar-refractivity contribution is -0.117. The van der Waals surface area contributed by atoms with Gasteiger partial charge in [0, 0.05) is 57.4 Å². The lowest BCUT2D eigenvalue weighted by Gasteiger charge is -2.43. The van der Waals surface area contributed by atoms with Crippen LogP contribution < -0.4 is 4.90 Å². The van der Waals surface area contributed by atoms with Gasteiger partial charge in [0.25, 0.3) is 0 Å². The Morgan fingerprint density at radius 3 is 2.23 bits per heavy atom. The summed E-state index contributed by atoms with van der Waals surface area (Å²) >= 11 is 0. The number of carboxylic acid groups (broad SMARTS) is 1. The Morgan fingerprint density at radius 1 is 1.03 bits per heavy atom. The van der Waals surface area contributed by atoms with Crippen LogP contribution >= 0.6 is 0 Å². The van der Waals surface area contributed by atoms with Crippen LogP contribution in [-0.4, -0.2) is 77.1 Å². The zero-order valence-electron chi connectivity index (χ0n) is 21.6. The Bertz CT molecular complexity index is 1060. The van der Waals surface area contributed by atoms with E-state index in [0.717, 1.165) is 55.1 Å². The van der Waals surface area contributed by atoms with Crippen LogP contribution in [0.25, 0.3) is 11.1 Å². The number of nitrogens with zero attached hydrogens (tertiary/aromatic N) is 4. The Balaban J connectivity index is 1.64. The van der Waals surface area contributed by atoms with Gasteiger partial charge in [0.1, 0.15) is 0 Å². The number of anilines is 1. The summed E-state index contributed by atoms with van der Waals surface area (Å²) in [5, 5.41) is 9.99. The summed E-state index contributed by atoms with van der Waals surface area (Å²) in [6.45, 7) is 12.7. The molecule has 2 heterocycles. The van der Waals surface area contributed by atoms with Crippen molar-refractivity contribution in [1.29, 1.82) is 0 Å². The first-order valence-electron chi connectivity index (χ1n) is 12.6.